The molecule has 0 spiro atoms. The highest BCUT2D eigenvalue weighted by Gasteiger charge is 2.32. The molecule has 7 nitrogen and oxygen atoms in total. The maximum Gasteiger partial charge on any atom is 0.270 e. The number of carbonyl (C=O) groups excluding carboxylic acids is 1. The topological polar surface area (TPSA) is 92.9 Å². The lowest BCUT2D eigenvalue weighted by Crippen LogP contribution is -2.18. The minimum Gasteiger partial charge on any atom is -0.507 e. The van der Waals surface area contributed by atoms with Crippen molar-refractivity contribution in [3.8, 4) is 11.5 Å². The highest BCUT2D eigenvalue weighted by Crippen LogP contribution is 2.40. The van der Waals surface area contributed by atoms with Gasteiger partial charge >= 0.3 is 0 Å². The number of benzene rings is 2. The van der Waals surface area contributed by atoms with Crippen LogP contribution in [0.15, 0.2) is 42.2 Å². The number of hydrogen-bond donors (Lipinski definition) is 1. The lowest BCUT2D eigenvalue weighted by atomic mass is 10.0. The van der Waals surface area contributed by atoms with Crippen molar-refractivity contribution >= 4 is 17.5 Å². The highest BCUT2D eigenvalue weighted by molar-refractivity contribution is 6.15. The number of likely N-dealkylation sites (tertiary alicyclic amines) is 1. The molecule has 2 heterocycles. The molecule has 0 aromatic heterocycles. The number of phenols is 1. The number of non-ortho nitro benzene ring substituents is 1. The van der Waals surface area contributed by atoms with Crippen LogP contribution in [0.4, 0.5) is 5.69 Å². The fourth-order valence-corrected chi connectivity index (χ4v) is 3.49. The second-order valence-electron chi connectivity index (χ2n) is 6.72. The summed E-state index contributed by atoms with van der Waals surface area (Å²) in [7, 11) is 0. The molecule has 2 aromatic rings. The number of allylic oxidation sites excluding steroid dienone is 1. The average molecular weight is 366 g/mol. The van der Waals surface area contributed by atoms with E-state index >= 15 is 0 Å². The van der Waals surface area contributed by atoms with E-state index < -0.39 is 4.92 Å². The van der Waals surface area contributed by atoms with E-state index in [2.05, 4.69) is 4.90 Å². The van der Waals surface area contributed by atoms with Gasteiger partial charge in [0.1, 0.15) is 11.5 Å². The molecule has 2 aliphatic rings. The van der Waals surface area contributed by atoms with Crippen molar-refractivity contribution in [3.05, 3.63) is 69.0 Å². The number of nitro groups is 1. The molecule has 2 aromatic carbocycles. The summed E-state index contributed by atoms with van der Waals surface area (Å²) in [5, 5.41) is 21.2. The quantitative estimate of drug-likeness (QED) is 0.506. The minimum atomic E-state index is -0.486. The zero-order valence-electron chi connectivity index (χ0n) is 14.6. The summed E-state index contributed by atoms with van der Waals surface area (Å²) >= 11 is 0. The van der Waals surface area contributed by atoms with Crippen molar-refractivity contribution in [1.82, 2.24) is 4.90 Å². The van der Waals surface area contributed by atoms with Crippen molar-refractivity contribution in [2.75, 3.05) is 13.1 Å². The number of phenolic OH excluding ortho intramolecular Hbond substituents is 1. The third kappa shape index (κ3) is 3.29. The molecule has 0 bridgehead atoms. The SMILES string of the molecule is O=C1/C(=C\c2cccc([N+](=O)[O-])c2)Oc2c1ccc(O)c2CN1CCCC1. The van der Waals surface area contributed by atoms with E-state index in [-0.39, 0.29) is 23.0 Å². The van der Waals surface area contributed by atoms with Gasteiger partial charge in [-0.15, -0.1) is 0 Å². The third-order valence-electron chi connectivity index (χ3n) is 4.88. The summed E-state index contributed by atoms with van der Waals surface area (Å²) in [5.41, 5.74) is 1.45. The number of carbonyl (C=O) groups is 1. The van der Waals surface area contributed by atoms with Gasteiger partial charge in [0.2, 0.25) is 5.78 Å². The number of nitro benzene ring substituents is 1. The first-order valence-corrected chi connectivity index (χ1v) is 8.79. The average Bonchev–Trinajstić information content (AvgIpc) is 3.27. The molecule has 2 aliphatic heterocycles. The molecule has 0 saturated carbocycles. The summed E-state index contributed by atoms with van der Waals surface area (Å²) in [6.07, 6.45) is 3.73. The molecule has 4 rings (SSSR count). The molecular weight excluding hydrogens is 348 g/mol. The number of rotatable bonds is 4. The molecule has 7 heteroatoms. The highest BCUT2D eigenvalue weighted by atomic mass is 16.6. The van der Waals surface area contributed by atoms with Crippen LogP contribution in [0.5, 0.6) is 11.5 Å². The van der Waals surface area contributed by atoms with Crippen LogP contribution in [0.2, 0.25) is 0 Å². The van der Waals surface area contributed by atoms with Crippen LogP contribution in [-0.2, 0) is 6.54 Å². The summed E-state index contributed by atoms with van der Waals surface area (Å²) < 4.78 is 5.80. The van der Waals surface area contributed by atoms with Gasteiger partial charge in [0, 0.05) is 18.7 Å². The van der Waals surface area contributed by atoms with Crippen molar-refractivity contribution in [2.45, 2.75) is 19.4 Å². The number of Topliss-reactive ketones (excluding diaryl/α,β-unsaturated/α-hetero) is 1. The Morgan fingerprint density at radius 1 is 1.22 bits per heavy atom. The van der Waals surface area contributed by atoms with Gasteiger partial charge in [-0.25, -0.2) is 0 Å². The largest absolute Gasteiger partial charge is 0.507 e. The van der Waals surface area contributed by atoms with Crippen LogP contribution in [0.1, 0.15) is 34.3 Å². The number of nitrogens with zero attached hydrogens (tertiary/aromatic N) is 2. The summed E-state index contributed by atoms with van der Waals surface area (Å²) in [6.45, 7) is 2.42. The molecule has 0 atom stereocenters. The Morgan fingerprint density at radius 3 is 2.74 bits per heavy atom. The van der Waals surface area contributed by atoms with E-state index in [4.69, 9.17) is 4.74 Å². The standard InChI is InChI=1S/C20H18N2O5/c23-17-7-6-15-19(24)18(11-13-4-3-5-14(10-13)22(25)26)27-20(15)16(17)12-21-8-1-2-9-21/h3-7,10-11,23H,1-2,8-9,12H2/b18-11+. The van der Waals surface area contributed by atoms with E-state index in [1.165, 1.54) is 24.3 Å². The maximum absolute atomic E-state index is 12.7. The zero-order chi connectivity index (χ0) is 19.0. The van der Waals surface area contributed by atoms with E-state index in [1.807, 2.05) is 0 Å². The van der Waals surface area contributed by atoms with Gasteiger partial charge in [0.05, 0.1) is 16.1 Å². The Kier molecular flexibility index (Phi) is 4.37. The van der Waals surface area contributed by atoms with Crippen molar-refractivity contribution in [3.63, 3.8) is 0 Å². The van der Waals surface area contributed by atoms with Gasteiger partial charge in [-0.1, -0.05) is 12.1 Å². The number of hydrogen-bond acceptors (Lipinski definition) is 6. The molecule has 27 heavy (non-hydrogen) atoms. The Labute approximate surface area is 155 Å². The number of ether oxygens (including phenoxy) is 1. The van der Waals surface area contributed by atoms with Crippen LogP contribution in [0, 0.1) is 10.1 Å². The first kappa shape index (κ1) is 17.2. The fourth-order valence-electron chi connectivity index (χ4n) is 3.49. The number of fused-ring (bicyclic) bond motifs is 1. The molecule has 0 aliphatic carbocycles. The Balaban J connectivity index is 1.67. The molecule has 0 radical (unpaired) electrons. The van der Waals surface area contributed by atoms with Crippen molar-refractivity contribution in [2.24, 2.45) is 0 Å². The molecule has 0 amide bonds. The second kappa shape index (κ2) is 6.85. The van der Waals surface area contributed by atoms with Gasteiger partial charge in [-0.2, -0.15) is 0 Å². The van der Waals surface area contributed by atoms with Crippen LogP contribution >= 0.6 is 0 Å². The van der Waals surface area contributed by atoms with Gasteiger partial charge < -0.3 is 9.84 Å². The lowest BCUT2D eigenvalue weighted by Gasteiger charge is -2.17. The summed E-state index contributed by atoms with van der Waals surface area (Å²) in [5.74, 6) is 0.284. The van der Waals surface area contributed by atoms with Crippen LogP contribution in [0.3, 0.4) is 0 Å². The van der Waals surface area contributed by atoms with E-state index in [1.54, 1.807) is 18.2 Å². The minimum absolute atomic E-state index is 0.0559. The normalized spacial score (nSPS) is 17.9. The molecule has 1 N–H and O–H groups in total. The first-order valence-electron chi connectivity index (χ1n) is 8.79. The lowest BCUT2D eigenvalue weighted by molar-refractivity contribution is -0.384. The zero-order valence-corrected chi connectivity index (χ0v) is 14.6. The van der Waals surface area contributed by atoms with Gasteiger partial charge in [-0.05, 0) is 49.7 Å². The second-order valence-corrected chi connectivity index (χ2v) is 6.72. The molecule has 138 valence electrons. The monoisotopic (exact) mass is 366 g/mol. The fraction of sp³-hybridized carbons (Fsp3) is 0.250. The van der Waals surface area contributed by atoms with Crippen molar-refractivity contribution in [1.29, 1.82) is 0 Å². The van der Waals surface area contributed by atoms with Gasteiger partial charge in [0.25, 0.3) is 5.69 Å². The number of ketones is 1. The Bertz CT molecular complexity index is 961. The predicted octanol–water partition coefficient (Wildman–Crippen LogP) is 3.51. The first-order chi connectivity index (χ1) is 13.0. The van der Waals surface area contributed by atoms with Crippen LogP contribution in [0.25, 0.3) is 6.08 Å². The summed E-state index contributed by atoms with van der Waals surface area (Å²) in [6, 6.07) is 9.07. The maximum atomic E-state index is 12.7. The van der Waals surface area contributed by atoms with Gasteiger partial charge in [0.15, 0.2) is 5.76 Å². The number of aromatic hydroxyl groups is 1. The molecule has 1 saturated heterocycles. The van der Waals surface area contributed by atoms with Crippen molar-refractivity contribution < 1.29 is 19.6 Å². The summed E-state index contributed by atoms with van der Waals surface area (Å²) in [4.78, 5) is 25.4. The molecular formula is C20H18N2O5. The van der Waals surface area contributed by atoms with E-state index in [0.29, 0.717) is 29.0 Å². The van der Waals surface area contributed by atoms with Crippen LogP contribution < -0.4 is 4.74 Å². The van der Waals surface area contributed by atoms with Crippen LogP contribution in [-0.4, -0.2) is 33.8 Å². The third-order valence-corrected chi connectivity index (χ3v) is 4.88. The van der Waals surface area contributed by atoms with E-state index in [0.717, 1.165) is 25.9 Å². The Hall–Kier alpha value is -3.19. The molecule has 1 fully saturated rings. The van der Waals surface area contributed by atoms with E-state index in [9.17, 15) is 20.0 Å². The smallest absolute Gasteiger partial charge is 0.270 e. The predicted molar refractivity (Wildman–Crippen MR) is 98.6 cm³/mol. The Morgan fingerprint density at radius 2 is 2.00 bits per heavy atom. The van der Waals surface area contributed by atoms with Gasteiger partial charge in [-0.3, -0.25) is 19.8 Å². The molecule has 0 unspecified atom stereocenters.